The molecule has 1 atom stereocenters. The van der Waals surface area contributed by atoms with Crippen molar-refractivity contribution in [3.05, 3.63) is 112 Å². The minimum absolute atomic E-state index is 0.343. The van der Waals surface area contributed by atoms with Crippen LogP contribution in [0.2, 0.25) is 10.0 Å². The number of nitrogens with one attached hydrogen (secondary N) is 1. The van der Waals surface area contributed by atoms with Crippen LogP contribution in [-0.4, -0.2) is 0 Å². The van der Waals surface area contributed by atoms with Crippen molar-refractivity contribution < 1.29 is 4.57 Å². The summed E-state index contributed by atoms with van der Waals surface area (Å²) >= 11 is 25.0. The summed E-state index contributed by atoms with van der Waals surface area (Å²) in [5.74, 6) is 2.97. The molecule has 29 heavy (non-hydrogen) atoms. The lowest BCUT2D eigenvalue weighted by molar-refractivity contribution is 0.589. The van der Waals surface area contributed by atoms with E-state index < -0.39 is 7.29 Å². The molecule has 3 rings (SSSR count). The molecule has 0 bridgehead atoms. The van der Waals surface area contributed by atoms with Gasteiger partial charge in [-0.3, -0.25) is 4.57 Å². The van der Waals surface area contributed by atoms with E-state index >= 15 is 0 Å². The van der Waals surface area contributed by atoms with Crippen LogP contribution in [0.5, 0.6) is 0 Å². The van der Waals surface area contributed by atoms with Crippen molar-refractivity contribution in [2.75, 3.05) is 5.09 Å². The van der Waals surface area contributed by atoms with Crippen molar-refractivity contribution in [1.29, 1.82) is 0 Å². The van der Waals surface area contributed by atoms with Gasteiger partial charge in [0.05, 0.1) is 20.1 Å². The molecule has 0 aliphatic heterocycles. The van der Waals surface area contributed by atoms with Gasteiger partial charge in [-0.2, -0.15) is 0 Å². The first kappa shape index (κ1) is 22.0. The Balaban J connectivity index is 2.05. The van der Waals surface area contributed by atoms with Gasteiger partial charge < -0.3 is 5.09 Å². The molecule has 0 spiro atoms. The number of hydrogen-bond donors (Lipinski definition) is 1. The maximum absolute atomic E-state index is 13.8. The maximum Gasteiger partial charge on any atom is 0.216 e. The molecule has 0 aromatic heterocycles. The lowest BCUT2D eigenvalue weighted by Gasteiger charge is -2.16. The molecule has 0 fully saturated rings. The van der Waals surface area contributed by atoms with Crippen LogP contribution in [0, 0.1) is 0 Å². The first-order valence-corrected chi connectivity index (χ1v) is 11.9. The molecule has 2 nitrogen and oxygen atoms in total. The molecule has 3 aromatic carbocycles. The summed E-state index contributed by atoms with van der Waals surface area (Å²) in [4.78, 5) is 0. The van der Waals surface area contributed by atoms with Crippen molar-refractivity contribution in [2.45, 2.75) is 0 Å². The predicted molar refractivity (Wildman–Crippen MR) is 128 cm³/mol. The van der Waals surface area contributed by atoms with E-state index in [4.69, 9.17) is 46.4 Å². The van der Waals surface area contributed by atoms with Gasteiger partial charge in [0.25, 0.3) is 0 Å². The van der Waals surface area contributed by atoms with Gasteiger partial charge in [0.1, 0.15) is 0 Å². The van der Waals surface area contributed by atoms with Gasteiger partial charge in [0.2, 0.25) is 7.29 Å². The topological polar surface area (TPSA) is 29.1 Å². The number of hydrogen-bond acceptors (Lipinski definition) is 1. The Bertz CT molecular complexity index is 1040. The summed E-state index contributed by atoms with van der Waals surface area (Å²) in [6.45, 7) is 0. The summed E-state index contributed by atoms with van der Waals surface area (Å²) in [6.07, 6.45) is 0. The van der Waals surface area contributed by atoms with Crippen LogP contribution in [-0.2, 0) is 4.57 Å². The molecule has 0 aliphatic rings. The van der Waals surface area contributed by atoms with Crippen LogP contribution < -0.4 is 5.09 Å². The zero-order valence-electron chi connectivity index (χ0n) is 15.0. The fraction of sp³-hybridized carbons (Fsp3) is 0. The summed E-state index contributed by atoms with van der Waals surface area (Å²) in [5, 5.41) is 4.45. The third-order valence-electron chi connectivity index (χ3n) is 3.93. The quantitative estimate of drug-likeness (QED) is 0.355. The third kappa shape index (κ3) is 6.15. The van der Waals surface area contributed by atoms with E-state index in [0.717, 1.165) is 11.1 Å². The third-order valence-corrected chi connectivity index (χ3v) is 7.52. The van der Waals surface area contributed by atoms with Crippen LogP contribution in [0.3, 0.4) is 0 Å². The molecule has 148 valence electrons. The van der Waals surface area contributed by atoms with Gasteiger partial charge in [-0.05, 0) is 29.3 Å². The largest absolute Gasteiger partial charge is 0.330 e. The molecule has 3 aromatic rings. The summed E-state index contributed by atoms with van der Waals surface area (Å²) in [7, 11) is -3.36. The number of halogens is 4. The second-order valence-corrected chi connectivity index (χ2v) is 9.92. The second-order valence-electron chi connectivity index (χ2n) is 6.14. The van der Waals surface area contributed by atoms with Gasteiger partial charge in [-0.1, -0.05) is 107 Å². The minimum Gasteiger partial charge on any atom is -0.330 e. The number of rotatable bonds is 6. The average Bonchev–Trinajstić information content (AvgIpc) is 2.72. The van der Waals surface area contributed by atoms with E-state index in [9.17, 15) is 4.57 Å². The van der Waals surface area contributed by atoms with E-state index in [0.29, 0.717) is 25.8 Å². The van der Waals surface area contributed by atoms with Crippen molar-refractivity contribution >= 4 is 69.4 Å². The molecule has 0 radical (unpaired) electrons. The van der Waals surface area contributed by atoms with E-state index in [1.165, 1.54) is 11.6 Å². The van der Waals surface area contributed by atoms with Gasteiger partial charge >= 0.3 is 0 Å². The van der Waals surface area contributed by atoms with E-state index in [-0.39, 0.29) is 0 Å². The minimum atomic E-state index is -3.36. The van der Waals surface area contributed by atoms with E-state index in [2.05, 4.69) is 5.09 Å². The Kier molecular flexibility index (Phi) is 7.51. The predicted octanol–water partition coefficient (Wildman–Crippen LogP) is 9.16. The Morgan fingerprint density at radius 3 is 1.66 bits per heavy atom. The molecule has 0 saturated carbocycles. The zero-order chi connectivity index (χ0) is 20.9. The van der Waals surface area contributed by atoms with Gasteiger partial charge in [0.15, 0.2) is 0 Å². The van der Waals surface area contributed by atoms with Crippen LogP contribution in [0.25, 0.3) is 10.1 Å². The Hall–Kier alpha value is -1.67. The first-order chi connectivity index (χ1) is 13.9. The molecule has 1 unspecified atom stereocenters. The van der Waals surface area contributed by atoms with E-state index in [1.807, 2.05) is 60.7 Å². The van der Waals surface area contributed by atoms with Gasteiger partial charge in [-0.15, -0.1) is 0 Å². The van der Waals surface area contributed by atoms with Gasteiger partial charge in [0, 0.05) is 17.3 Å². The highest BCUT2D eigenvalue weighted by molar-refractivity contribution is 7.72. The van der Waals surface area contributed by atoms with Gasteiger partial charge in [-0.25, -0.2) is 0 Å². The van der Waals surface area contributed by atoms with Crippen LogP contribution >= 0.6 is 53.7 Å². The van der Waals surface area contributed by atoms with Crippen molar-refractivity contribution in [3.63, 3.8) is 0 Å². The number of benzene rings is 3. The molecule has 0 aliphatic carbocycles. The highest BCUT2D eigenvalue weighted by atomic mass is 35.5. The first-order valence-electron chi connectivity index (χ1n) is 8.57. The molecule has 0 amide bonds. The lowest BCUT2D eigenvalue weighted by atomic mass is 10.2. The van der Waals surface area contributed by atoms with Crippen LogP contribution in [0.4, 0.5) is 5.69 Å². The molecule has 0 heterocycles. The molecule has 7 heteroatoms. The zero-order valence-corrected chi connectivity index (χ0v) is 18.9. The summed E-state index contributed by atoms with van der Waals surface area (Å²) in [6, 6.07) is 23.5. The highest BCUT2D eigenvalue weighted by Gasteiger charge is 2.20. The normalized spacial score (nSPS) is 14.3. The molecular formula is C22H16Cl4NOP. The Morgan fingerprint density at radius 2 is 1.21 bits per heavy atom. The smallest absolute Gasteiger partial charge is 0.216 e. The maximum atomic E-state index is 13.8. The monoisotopic (exact) mass is 481 g/mol. The van der Waals surface area contributed by atoms with Crippen LogP contribution in [0.15, 0.2) is 90.5 Å². The van der Waals surface area contributed by atoms with Crippen molar-refractivity contribution in [1.82, 2.24) is 0 Å². The summed E-state index contributed by atoms with van der Waals surface area (Å²) in [5.41, 5.74) is 2.02. The lowest BCUT2D eigenvalue weighted by Crippen LogP contribution is -1.94. The summed E-state index contributed by atoms with van der Waals surface area (Å²) < 4.78 is 13.8. The highest BCUT2D eigenvalue weighted by Crippen LogP contribution is 2.53. The molecule has 1 N–H and O–H groups in total. The Morgan fingerprint density at radius 1 is 0.724 bits per heavy atom. The molecule has 0 saturated heterocycles. The standard InChI is InChI=1S/C22H16Cl4NOP/c23-19-12-11-18(13-20(19)24)27-29(28,14-21(25)16-7-3-1-4-8-16)15-22(26)17-9-5-2-6-10-17/h1-15H,(H,27,28)/b21-14+,22-15?. The Labute approximate surface area is 190 Å². The number of anilines is 1. The fourth-order valence-corrected chi connectivity index (χ4v) is 5.69. The second kappa shape index (κ2) is 9.89. The fourth-order valence-electron chi connectivity index (χ4n) is 2.55. The van der Waals surface area contributed by atoms with Crippen molar-refractivity contribution in [3.8, 4) is 0 Å². The average molecular weight is 483 g/mol. The van der Waals surface area contributed by atoms with Crippen molar-refractivity contribution in [2.24, 2.45) is 0 Å². The molecular weight excluding hydrogens is 467 g/mol. The SMILES string of the molecule is O=P(C=C(Cl)c1ccccc1)(/C=C(/Cl)c1ccccc1)Nc1ccc(Cl)c(Cl)c1. The van der Waals surface area contributed by atoms with Crippen LogP contribution in [0.1, 0.15) is 11.1 Å². The van der Waals surface area contributed by atoms with E-state index in [1.54, 1.807) is 18.2 Å².